The third kappa shape index (κ3) is 4.23. The summed E-state index contributed by atoms with van der Waals surface area (Å²) in [7, 11) is 1.62. The van der Waals surface area contributed by atoms with Gasteiger partial charge in [-0.05, 0) is 17.4 Å². The first kappa shape index (κ1) is 18.4. The molecule has 1 saturated heterocycles. The monoisotopic (exact) mass is 365 g/mol. The van der Waals surface area contributed by atoms with Crippen LogP contribution in [0.5, 0.6) is 0 Å². The number of rotatable bonds is 7. The molecule has 1 aliphatic rings. The number of methoxy groups -OCH3 is 1. The molecule has 1 atom stereocenters. The van der Waals surface area contributed by atoms with Gasteiger partial charge in [0.1, 0.15) is 6.10 Å². The van der Waals surface area contributed by atoms with Crippen LogP contribution in [0.2, 0.25) is 0 Å². The fourth-order valence-corrected chi connectivity index (χ4v) is 2.93. The Morgan fingerprint density at radius 3 is 2.96 bits per heavy atom. The van der Waals surface area contributed by atoms with Gasteiger partial charge in [0.15, 0.2) is 5.82 Å². The van der Waals surface area contributed by atoms with Crippen molar-refractivity contribution in [3.05, 3.63) is 38.4 Å². The summed E-state index contributed by atoms with van der Waals surface area (Å²) < 4.78 is 13.8. The van der Waals surface area contributed by atoms with Gasteiger partial charge in [0.2, 0.25) is 0 Å². The van der Waals surface area contributed by atoms with Crippen molar-refractivity contribution in [2.45, 2.75) is 26.1 Å². The van der Waals surface area contributed by atoms with Crippen LogP contribution < -0.4 is 11.2 Å². The molecule has 0 spiro atoms. The van der Waals surface area contributed by atoms with Crippen LogP contribution in [0.4, 0.5) is 0 Å². The first-order valence-corrected chi connectivity index (χ1v) is 8.48. The standard InChI is InChI=1S/C15H23N7O4/c1-11-9-13(23)21(15(24)16-11)4-3-20-5-8-26-12(10-20)14-17-18-19-22(14)6-7-25-2/h9,12H,3-8,10H2,1-2H3,(H,16,24)/t12-/m0/s1. The molecular formula is C15H23N7O4. The van der Waals surface area contributed by atoms with Gasteiger partial charge in [-0.1, -0.05) is 0 Å². The largest absolute Gasteiger partial charge is 0.383 e. The molecule has 1 N–H and O–H groups in total. The average molecular weight is 365 g/mol. The van der Waals surface area contributed by atoms with Gasteiger partial charge in [-0.2, -0.15) is 0 Å². The second-order valence-corrected chi connectivity index (χ2v) is 6.16. The third-order valence-electron chi connectivity index (χ3n) is 4.30. The van der Waals surface area contributed by atoms with Crippen LogP contribution in [0, 0.1) is 6.92 Å². The molecule has 142 valence electrons. The van der Waals surface area contributed by atoms with Gasteiger partial charge in [-0.15, -0.1) is 5.10 Å². The second kappa shape index (κ2) is 8.34. The van der Waals surface area contributed by atoms with E-state index in [4.69, 9.17) is 9.47 Å². The number of aryl methyl sites for hydroxylation is 1. The number of aromatic nitrogens is 6. The Labute approximate surface area is 149 Å². The van der Waals surface area contributed by atoms with Crippen LogP contribution in [0.1, 0.15) is 17.6 Å². The second-order valence-electron chi connectivity index (χ2n) is 6.16. The summed E-state index contributed by atoms with van der Waals surface area (Å²) >= 11 is 0. The van der Waals surface area contributed by atoms with E-state index in [1.165, 1.54) is 10.6 Å². The Bertz CT molecular complexity index is 812. The van der Waals surface area contributed by atoms with Crippen LogP contribution in [0.25, 0.3) is 0 Å². The number of hydrogen-bond donors (Lipinski definition) is 1. The molecular weight excluding hydrogens is 342 g/mol. The minimum absolute atomic E-state index is 0.261. The summed E-state index contributed by atoms with van der Waals surface area (Å²) in [6, 6.07) is 1.42. The number of tetrazole rings is 1. The van der Waals surface area contributed by atoms with Crippen molar-refractivity contribution in [3.63, 3.8) is 0 Å². The molecule has 0 amide bonds. The van der Waals surface area contributed by atoms with Crippen LogP contribution in [0.15, 0.2) is 15.7 Å². The molecule has 1 aliphatic heterocycles. The smallest absolute Gasteiger partial charge is 0.328 e. The minimum Gasteiger partial charge on any atom is -0.383 e. The van der Waals surface area contributed by atoms with E-state index in [1.807, 2.05) is 0 Å². The minimum atomic E-state index is -0.386. The maximum atomic E-state index is 12.0. The molecule has 0 aliphatic carbocycles. The van der Waals surface area contributed by atoms with Crippen LogP contribution >= 0.6 is 0 Å². The van der Waals surface area contributed by atoms with Crippen molar-refractivity contribution in [3.8, 4) is 0 Å². The molecule has 2 aromatic rings. The topological polar surface area (TPSA) is 120 Å². The molecule has 1 fully saturated rings. The molecule has 26 heavy (non-hydrogen) atoms. The van der Waals surface area contributed by atoms with Crippen LogP contribution in [-0.2, 0) is 22.6 Å². The van der Waals surface area contributed by atoms with E-state index >= 15 is 0 Å². The average Bonchev–Trinajstić information content (AvgIpc) is 3.08. The lowest BCUT2D eigenvalue weighted by Gasteiger charge is -2.32. The number of nitrogens with zero attached hydrogens (tertiary/aromatic N) is 6. The fraction of sp³-hybridized carbons (Fsp3) is 0.667. The van der Waals surface area contributed by atoms with E-state index in [0.29, 0.717) is 57.5 Å². The summed E-state index contributed by atoms with van der Waals surface area (Å²) in [6.45, 7) is 5.46. The van der Waals surface area contributed by atoms with Gasteiger partial charge < -0.3 is 14.5 Å². The summed E-state index contributed by atoms with van der Waals surface area (Å²) in [6.07, 6.45) is -0.261. The van der Waals surface area contributed by atoms with Gasteiger partial charge in [-0.25, -0.2) is 9.48 Å². The Balaban J connectivity index is 1.64. The first-order valence-electron chi connectivity index (χ1n) is 8.48. The van der Waals surface area contributed by atoms with Gasteiger partial charge >= 0.3 is 5.69 Å². The Morgan fingerprint density at radius 2 is 2.19 bits per heavy atom. The SMILES string of the molecule is COCCn1nnnc1[C@@H]1CN(CCn2c(=O)cc(C)[nH]c2=O)CCO1. The summed E-state index contributed by atoms with van der Waals surface area (Å²) in [5.74, 6) is 0.650. The highest BCUT2D eigenvalue weighted by Crippen LogP contribution is 2.19. The quantitative estimate of drug-likeness (QED) is 0.633. The van der Waals surface area contributed by atoms with Crippen molar-refractivity contribution in [2.24, 2.45) is 0 Å². The third-order valence-corrected chi connectivity index (χ3v) is 4.30. The maximum Gasteiger partial charge on any atom is 0.328 e. The Morgan fingerprint density at radius 1 is 1.35 bits per heavy atom. The highest BCUT2D eigenvalue weighted by Gasteiger charge is 2.26. The lowest BCUT2D eigenvalue weighted by molar-refractivity contribution is -0.0378. The highest BCUT2D eigenvalue weighted by molar-refractivity contribution is 4.96. The van der Waals surface area contributed by atoms with Crippen LogP contribution in [0.3, 0.4) is 0 Å². The lowest BCUT2D eigenvalue weighted by atomic mass is 10.2. The van der Waals surface area contributed by atoms with Crippen LogP contribution in [-0.4, -0.2) is 74.6 Å². The van der Waals surface area contributed by atoms with E-state index < -0.39 is 0 Å². The van der Waals surface area contributed by atoms with E-state index in [2.05, 4.69) is 25.4 Å². The molecule has 11 heteroatoms. The molecule has 3 heterocycles. The predicted molar refractivity (Wildman–Crippen MR) is 90.9 cm³/mol. The van der Waals surface area contributed by atoms with E-state index in [1.54, 1.807) is 18.7 Å². The van der Waals surface area contributed by atoms with Gasteiger partial charge in [-0.3, -0.25) is 14.3 Å². The number of aromatic amines is 1. The highest BCUT2D eigenvalue weighted by atomic mass is 16.5. The number of morpholine rings is 1. The fourth-order valence-electron chi connectivity index (χ4n) is 2.93. The lowest BCUT2D eigenvalue weighted by Crippen LogP contribution is -2.44. The number of H-pyrrole nitrogens is 1. The van der Waals surface area contributed by atoms with E-state index in [-0.39, 0.29) is 17.4 Å². The number of nitrogens with one attached hydrogen (secondary N) is 1. The van der Waals surface area contributed by atoms with Crippen molar-refractivity contribution in [2.75, 3.05) is 40.0 Å². The zero-order valence-corrected chi connectivity index (χ0v) is 14.9. The molecule has 0 bridgehead atoms. The molecule has 0 saturated carbocycles. The van der Waals surface area contributed by atoms with Crippen molar-refractivity contribution in [1.29, 1.82) is 0 Å². The summed E-state index contributed by atoms with van der Waals surface area (Å²) in [5, 5.41) is 11.8. The maximum absolute atomic E-state index is 12.0. The van der Waals surface area contributed by atoms with Gasteiger partial charge in [0, 0.05) is 45.0 Å². The molecule has 11 nitrogen and oxygen atoms in total. The number of hydrogen-bond acceptors (Lipinski definition) is 8. The van der Waals surface area contributed by atoms with Crippen molar-refractivity contribution < 1.29 is 9.47 Å². The summed E-state index contributed by atoms with van der Waals surface area (Å²) in [4.78, 5) is 28.7. The van der Waals surface area contributed by atoms with E-state index in [0.717, 1.165) is 0 Å². The Hall–Kier alpha value is -2.37. The molecule has 0 radical (unpaired) electrons. The number of ether oxygens (including phenoxy) is 2. The van der Waals surface area contributed by atoms with Gasteiger partial charge in [0.05, 0.1) is 19.8 Å². The molecule has 0 aromatic carbocycles. The predicted octanol–water partition coefficient (Wildman–Crippen LogP) is -1.45. The van der Waals surface area contributed by atoms with Gasteiger partial charge in [0.25, 0.3) is 5.56 Å². The van der Waals surface area contributed by atoms with E-state index in [9.17, 15) is 9.59 Å². The van der Waals surface area contributed by atoms with Crippen molar-refractivity contribution in [1.82, 2.24) is 34.7 Å². The summed E-state index contributed by atoms with van der Waals surface area (Å²) in [5.41, 5.74) is -0.117. The molecule has 0 unspecified atom stereocenters. The zero-order chi connectivity index (χ0) is 18.5. The normalized spacial score (nSPS) is 18.3. The molecule has 2 aromatic heterocycles. The Kier molecular flexibility index (Phi) is 5.91. The first-order chi connectivity index (χ1) is 12.6. The zero-order valence-electron chi connectivity index (χ0n) is 14.9. The van der Waals surface area contributed by atoms with Crippen molar-refractivity contribution >= 4 is 0 Å². The molecule has 3 rings (SSSR count).